The molecule has 3 rings (SSSR count). The molecule has 3 aromatic rings. The summed E-state index contributed by atoms with van der Waals surface area (Å²) in [5, 5.41) is 1.37. The van der Waals surface area contributed by atoms with Crippen molar-refractivity contribution >= 4 is 30.8 Å². The second kappa shape index (κ2) is 5.53. The standard InChI is InChI=1S/C19H22NO2Si/c1-19(2,3)13-10-11-15-16(18(13)22-23(4)5)17(21)12-8-6-7-9-14(12)20-15/h6-11H,1-5H3,(H,20,21). The highest BCUT2D eigenvalue weighted by atomic mass is 28.3. The number of pyridine rings is 1. The van der Waals surface area contributed by atoms with E-state index in [-0.39, 0.29) is 10.8 Å². The topological polar surface area (TPSA) is 42.1 Å². The van der Waals surface area contributed by atoms with Gasteiger partial charge in [-0.05, 0) is 42.3 Å². The van der Waals surface area contributed by atoms with E-state index in [9.17, 15) is 4.79 Å². The van der Waals surface area contributed by atoms with Crippen molar-refractivity contribution in [2.24, 2.45) is 0 Å². The molecular weight excluding hydrogens is 302 g/mol. The molecule has 0 unspecified atom stereocenters. The third-order valence-corrected chi connectivity index (χ3v) is 4.55. The summed E-state index contributed by atoms with van der Waals surface area (Å²) >= 11 is 0. The van der Waals surface area contributed by atoms with Crippen LogP contribution in [-0.4, -0.2) is 14.0 Å². The number of hydrogen-bond donors (Lipinski definition) is 1. The maximum absolute atomic E-state index is 13.1. The van der Waals surface area contributed by atoms with Gasteiger partial charge in [0.1, 0.15) is 5.75 Å². The van der Waals surface area contributed by atoms with Crippen molar-refractivity contribution in [3.8, 4) is 5.75 Å². The van der Waals surface area contributed by atoms with Gasteiger partial charge in [0, 0.05) is 10.9 Å². The molecule has 119 valence electrons. The molecule has 1 heterocycles. The molecule has 0 saturated carbocycles. The van der Waals surface area contributed by atoms with Crippen molar-refractivity contribution < 1.29 is 4.43 Å². The minimum atomic E-state index is -0.981. The summed E-state index contributed by atoms with van der Waals surface area (Å²) < 4.78 is 6.20. The Morgan fingerprint density at radius 3 is 2.35 bits per heavy atom. The number of aromatic nitrogens is 1. The molecule has 1 radical (unpaired) electrons. The molecule has 23 heavy (non-hydrogen) atoms. The zero-order valence-corrected chi connectivity index (χ0v) is 15.3. The van der Waals surface area contributed by atoms with Crippen LogP contribution in [0.25, 0.3) is 21.8 Å². The van der Waals surface area contributed by atoms with Crippen LogP contribution in [0.4, 0.5) is 0 Å². The van der Waals surface area contributed by atoms with Crippen molar-refractivity contribution in [2.75, 3.05) is 0 Å². The van der Waals surface area contributed by atoms with E-state index in [1.165, 1.54) is 0 Å². The number of hydrogen-bond acceptors (Lipinski definition) is 2. The second-order valence-electron chi connectivity index (χ2n) is 7.12. The largest absolute Gasteiger partial charge is 0.542 e. The maximum Gasteiger partial charge on any atom is 0.274 e. The minimum absolute atomic E-state index is 0.0405. The fraction of sp³-hybridized carbons (Fsp3) is 0.316. The van der Waals surface area contributed by atoms with Crippen LogP contribution in [0.3, 0.4) is 0 Å². The third-order valence-electron chi connectivity index (χ3n) is 3.94. The third kappa shape index (κ3) is 2.79. The number of para-hydroxylation sites is 1. The van der Waals surface area contributed by atoms with Gasteiger partial charge in [0.05, 0.1) is 10.9 Å². The van der Waals surface area contributed by atoms with Gasteiger partial charge in [-0.3, -0.25) is 4.79 Å². The Kier molecular flexibility index (Phi) is 3.80. The van der Waals surface area contributed by atoms with E-state index in [0.717, 1.165) is 22.3 Å². The minimum Gasteiger partial charge on any atom is -0.542 e. The Balaban J connectivity index is 2.48. The van der Waals surface area contributed by atoms with Gasteiger partial charge in [-0.1, -0.05) is 39.0 Å². The van der Waals surface area contributed by atoms with Gasteiger partial charge in [0.15, 0.2) is 0 Å². The van der Waals surface area contributed by atoms with Gasteiger partial charge in [-0.15, -0.1) is 0 Å². The smallest absolute Gasteiger partial charge is 0.274 e. The lowest BCUT2D eigenvalue weighted by molar-refractivity contribution is 0.525. The molecule has 4 heteroatoms. The van der Waals surface area contributed by atoms with Crippen LogP contribution in [-0.2, 0) is 5.41 Å². The van der Waals surface area contributed by atoms with Crippen molar-refractivity contribution in [3.63, 3.8) is 0 Å². The van der Waals surface area contributed by atoms with Crippen LogP contribution in [0, 0.1) is 0 Å². The fourth-order valence-corrected chi connectivity index (χ4v) is 3.50. The van der Waals surface area contributed by atoms with Gasteiger partial charge in [-0.25, -0.2) is 0 Å². The first kappa shape index (κ1) is 15.8. The highest BCUT2D eigenvalue weighted by Crippen LogP contribution is 2.36. The number of fused-ring (bicyclic) bond motifs is 2. The zero-order valence-electron chi connectivity index (χ0n) is 14.3. The molecule has 0 aliphatic rings. The van der Waals surface area contributed by atoms with Crippen molar-refractivity contribution in [3.05, 3.63) is 52.2 Å². The monoisotopic (exact) mass is 324 g/mol. The lowest BCUT2D eigenvalue weighted by Gasteiger charge is -2.25. The maximum atomic E-state index is 13.1. The zero-order chi connectivity index (χ0) is 16.8. The molecule has 0 atom stereocenters. The Labute approximate surface area is 138 Å². The highest BCUT2D eigenvalue weighted by Gasteiger charge is 2.23. The quantitative estimate of drug-likeness (QED) is 0.552. The Bertz CT molecular complexity index is 936. The van der Waals surface area contributed by atoms with Crippen LogP contribution >= 0.6 is 0 Å². The SMILES string of the molecule is C[Si](C)Oc1c(C(C)(C)C)ccc2[nH]c3ccccc3c(=O)c12. The van der Waals surface area contributed by atoms with Crippen molar-refractivity contribution in [2.45, 2.75) is 39.3 Å². The summed E-state index contributed by atoms with van der Waals surface area (Å²) in [6, 6.07) is 11.7. The van der Waals surface area contributed by atoms with Crippen LogP contribution < -0.4 is 9.85 Å². The number of benzene rings is 2. The van der Waals surface area contributed by atoms with Crippen molar-refractivity contribution in [1.82, 2.24) is 4.98 Å². The first-order valence-corrected chi connectivity index (χ1v) is 10.3. The van der Waals surface area contributed by atoms with E-state index >= 15 is 0 Å². The average molecular weight is 324 g/mol. The number of rotatable bonds is 2. The molecule has 1 N–H and O–H groups in total. The van der Waals surface area contributed by atoms with E-state index in [4.69, 9.17) is 4.43 Å². The molecule has 1 aromatic heterocycles. The second-order valence-corrected chi connectivity index (χ2v) is 9.15. The fourth-order valence-electron chi connectivity index (χ4n) is 2.88. The molecule has 0 spiro atoms. The van der Waals surface area contributed by atoms with Gasteiger partial charge in [-0.2, -0.15) is 0 Å². The van der Waals surface area contributed by atoms with Gasteiger partial charge in [0.25, 0.3) is 9.04 Å². The van der Waals surface area contributed by atoms with Crippen LogP contribution in [0.1, 0.15) is 26.3 Å². The summed E-state index contributed by atoms with van der Waals surface area (Å²) in [7, 11) is -0.981. The number of H-pyrrole nitrogens is 1. The van der Waals surface area contributed by atoms with E-state index in [0.29, 0.717) is 10.8 Å². The molecule has 0 fully saturated rings. The first-order valence-electron chi connectivity index (χ1n) is 7.85. The van der Waals surface area contributed by atoms with E-state index in [1.54, 1.807) is 0 Å². The molecule has 0 amide bonds. The van der Waals surface area contributed by atoms with Gasteiger partial charge >= 0.3 is 0 Å². The predicted octanol–water partition coefficient (Wildman–Crippen LogP) is 4.61. The summed E-state index contributed by atoms with van der Waals surface area (Å²) in [5.41, 5.74) is 2.73. The van der Waals surface area contributed by atoms with E-state index < -0.39 is 9.04 Å². The average Bonchev–Trinajstić information content (AvgIpc) is 2.45. The highest BCUT2D eigenvalue weighted by molar-refractivity contribution is 6.49. The van der Waals surface area contributed by atoms with Gasteiger partial charge < -0.3 is 9.41 Å². The molecule has 3 nitrogen and oxygen atoms in total. The van der Waals surface area contributed by atoms with Crippen LogP contribution in [0.5, 0.6) is 5.75 Å². The first-order chi connectivity index (χ1) is 10.8. The predicted molar refractivity (Wildman–Crippen MR) is 98.9 cm³/mol. The molecular formula is C19H22NO2Si. The Morgan fingerprint density at radius 1 is 1.00 bits per heavy atom. The lowest BCUT2D eigenvalue weighted by Crippen LogP contribution is -2.20. The molecule has 0 bridgehead atoms. The van der Waals surface area contributed by atoms with E-state index in [2.05, 4.69) is 44.9 Å². The Hall–Kier alpha value is -2.07. The molecule has 0 aliphatic carbocycles. The number of aromatic amines is 1. The molecule has 0 aliphatic heterocycles. The van der Waals surface area contributed by atoms with Crippen LogP contribution in [0.2, 0.25) is 13.1 Å². The molecule has 0 saturated heterocycles. The summed E-state index contributed by atoms with van der Waals surface area (Å²) in [4.78, 5) is 16.5. The normalized spacial score (nSPS) is 12.3. The van der Waals surface area contributed by atoms with Crippen LogP contribution in [0.15, 0.2) is 41.2 Å². The van der Waals surface area contributed by atoms with Crippen molar-refractivity contribution in [1.29, 1.82) is 0 Å². The Morgan fingerprint density at radius 2 is 1.70 bits per heavy atom. The number of nitrogens with one attached hydrogen (secondary N) is 1. The molecule has 2 aromatic carbocycles. The summed E-state index contributed by atoms with van der Waals surface area (Å²) in [6.07, 6.45) is 0. The van der Waals surface area contributed by atoms with E-state index in [1.807, 2.05) is 30.3 Å². The summed E-state index contributed by atoms with van der Waals surface area (Å²) in [5.74, 6) is 0.751. The van der Waals surface area contributed by atoms with Gasteiger partial charge in [0.2, 0.25) is 5.43 Å². The lowest BCUT2D eigenvalue weighted by atomic mass is 9.85. The summed E-state index contributed by atoms with van der Waals surface area (Å²) in [6.45, 7) is 10.6.